The lowest BCUT2D eigenvalue weighted by atomic mass is 9.93. The Morgan fingerprint density at radius 3 is 2.08 bits per heavy atom. The number of benzene rings is 2. The summed E-state index contributed by atoms with van der Waals surface area (Å²) in [5, 5.41) is 16.5. The van der Waals surface area contributed by atoms with Crippen LogP contribution in [0.2, 0.25) is 0 Å². The smallest absolute Gasteiger partial charge is 0.314 e. The number of carboxylic acids is 1. The molecule has 0 aliphatic heterocycles. The highest BCUT2D eigenvalue weighted by molar-refractivity contribution is 5.85. The van der Waals surface area contributed by atoms with Crippen molar-refractivity contribution < 1.29 is 14.4 Å². The first-order chi connectivity index (χ1) is 12.5. The Hall–Kier alpha value is -3.08. The van der Waals surface area contributed by atoms with Crippen molar-refractivity contribution in [2.75, 3.05) is 12.4 Å². The van der Waals surface area contributed by atoms with E-state index >= 15 is 0 Å². The number of nitrogens with zero attached hydrogens (tertiary/aromatic N) is 1. The number of aliphatic carboxylic acids is 1. The summed E-state index contributed by atoms with van der Waals surface area (Å²) in [6, 6.07) is 15.9. The molecule has 0 amide bonds. The molecule has 1 saturated carbocycles. The summed E-state index contributed by atoms with van der Waals surface area (Å²) in [7, 11) is 1.85. The molecule has 3 aromatic rings. The molecule has 4 rings (SSSR count). The summed E-state index contributed by atoms with van der Waals surface area (Å²) in [5.41, 5.74) is 5.04. The fourth-order valence-corrected chi connectivity index (χ4v) is 3.41. The van der Waals surface area contributed by atoms with E-state index < -0.39 is 11.4 Å². The number of carboxylic acid groups (broad SMARTS) is 1. The molecule has 2 N–H and O–H groups in total. The fourth-order valence-electron chi connectivity index (χ4n) is 3.41. The number of aryl methyl sites for hydroxylation is 1. The van der Waals surface area contributed by atoms with Crippen molar-refractivity contribution in [2.24, 2.45) is 0 Å². The van der Waals surface area contributed by atoms with E-state index in [1.807, 2.05) is 62.5 Å². The second kappa shape index (κ2) is 6.02. The molecule has 5 heteroatoms. The van der Waals surface area contributed by atoms with Gasteiger partial charge in [-0.1, -0.05) is 53.7 Å². The van der Waals surface area contributed by atoms with E-state index in [9.17, 15) is 9.90 Å². The van der Waals surface area contributed by atoms with E-state index in [4.69, 9.17) is 4.52 Å². The lowest BCUT2D eigenvalue weighted by molar-refractivity contribution is -0.140. The molecule has 0 spiro atoms. The van der Waals surface area contributed by atoms with Crippen molar-refractivity contribution in [1.82, 2.24) is 5.16 Å². The average Bonchev–Trinajstić information content (AvgIpc) is 3.40. The first-order valence-corrected chi connectivity index (χ1v) is 8.64. The Bertz CT molecular complexity index is 952. The van der Waals surface area contributed by atoms with Gasteiger partial charge in [0.15, 0.2) is 5.76 Å². The van der Waals surface area contributed by atoms with Gasteiger partial charge < -0.3 is 14.9 Å². The second-order valence-electron chi connectivity index (χ2n) is 6.76. The quantitative estimate of drug-likeness (QED) is 0.711. The number of hydrogen-bond acceptors (Lipinski definition) is 4. The van der Waals surface area contributed by atoms with Crippen LogP contribution in [0.4, 0.5) is 5.69 Å². The maximum absolute atomic E-state index is 11.4. The summed E-state index contributed by atoms with van der Waals surface area (Å²) in [4.78, 5) is 11.4. The maximum atomic E-state index is 11.4. The first kappa shape index (κ1) is 16.4. The summed E-state index contributed by atoms with van der Waals surface area (Å²) in [6.07, 6.45) is 1.45. The molecule has 0 saturated heterocycles. The van der Waals surface area contributed by atoms with Gasteiger partial charge >= 0.3 is 5.97 Å². The summed E-state index contributed by atoms with van der Waals surface area (Å²) >= 11 is 0. The molecule has 1 fully saturated rings. The Kier molecular flexibility index (Phi) is 3.80. The van der Waals surface area contributed by atoms with E-state index in [1.54, 1.807) is 0 Å². The molecule has 1 aromatic heterocycles. The molecule has 0 radical (unpaired) electrons. The lowest BCUT2D eigenvalue weighted by Gasteiger charge is -2.11. The zero-order valence-electron chi connectivity index (χ0n) is 14.7. The van der Waals surface area contributed by atoms with Crippen LogP contribution in [0, 0.1) is 6.92 Å². The van der Waals surface area contributed by atoms with Gasteiger partial charge in [-0.25, -0.2) is 0 Å². The molecule has 0 unspecified atom stereocenters. The van der Waals surface area contributed by atoms with Crippen LogP contribution in [0.1, 0.15) is 24.1 Å². The fraction of sp³-hybridized carbons (Fsp3) is 0.238. The summed E-state index contributed by atoms with van der Waals surface area (Å²) in [5.74, 6) is 0.00122. The normalized spacial score (nSPS) is 14.8. The second-order valence-corrected chi connectivity index (χ2v) is 6.76. The van der Waals surface area contributed by atoms with Gasteiger partial charge in [0.25, 0.3) is 0 Å². The van der Waals surface area contributed by atoms with E-state index in [-0.39, 0.29) is 0 Å². The third kappa shape index (κ3) is 2.56. The van der Waals surface area contributed by atoms with Crippen LogP contribution in [-0.4, -0.2) is 23.3 Å². The van der Waals surface area contributed by atoms with Crippen LogP contribution < -0.4 is 5.32 Å². The number of hydrogen-bond donors (Lipinski definition) is 2. The molecule has 0 bridgehead atoms. The maximum Gasteiger partial charge on any atom is 0.314 e. The highest BCUT2D eigenvalue weighted by Gasteiger charge is 2.51. The van der Waals surface area contributed by atoms with Crippen LogP contribution >= 0.6 is 0 Å². The first-order valence-electron chi connectivity index (χ1n) is 8.64. The Labute approximate surface area is 151 Å². The van der Waals surface area contributed by atoms with Crippen molar-refractivity contribution in [3.8, 4) is 22.5 Å². The van der Waals surface area contributed by atoms with Gasteiger partial charge in [-0.15, -0.1) is 0 Å². The van der Waals surface area contributed by atoms with Crippen molar-refractivity contribution in [3.05, 3.63) is 59.8 Å². The van der Waals surface area contributed by atoms with Gasteiger partial charge in [-0.05, 0) is 36.5 Å². The van der Waals surface area contributed by atoms with Crippen LogP contribution in [0.5, 0.6) is 0 Å². The molecular weight excluding hydrogens is 328 g/mol. The minimum Gasteiger partial charge on any atom is -0.481 e. The van der Waals surface area contributed by atoms with Crippen LogP contribution in [0.3, 0.4) is 0 Å². The predicted molar refractivity (Wildman–Crippen MR) is 100 cm³/mol. The molecule has 2 aromatic carbocycles. The highest BCUT2D eigenvalue weighted by atomic mass is 16.5. The van der Waals surface area contributed by atoms with Gasteiger partial charge in [0, 0.05) is 12.6 Å². The van der Waals surface area contributed by atoms with Gasteiger partial charge in [-0.3, -0.25) is 4.79 Å². The number of aromatic nitrogens is 1. The minimum absolute atomic E-state index is 0.657. The highest BCUT2D eigenvalue weighted by Crippen LogP contribution is 2.48. The third-order valence-electron chi connectivity index (χ3n) is 5.19. The number of nitrogens with one attached hydrogen (secondary N) is 1. The van der Waals surface area contributed by atoms with E-state index in [1.165, 1.54) is 0 Å². The molecule has 132 valence electrons. The van der Waals surface area contributed by atoms with Gasteiger partial charge in [-0.2, -0.15) is 0 Å². The summed E-state index contributed by atoms with van der Waals surface area (Å²) < 4.78 is 5.43. The molecule has 1 heterocycles. The van der Waals surface area contributed by atoms with Crippen LogP contribution in [0.25, 0.3) is 22.5 Å². The summed E-state index contributed by atoms with van der Waals surface area (Å²) in [6.45, 7) is 1.90. The third-order valence-corrected chi connectivity index (χ3v) is 5.19. The molecule has 26 heavy (non-hydrogen) atoms. The number of anilines is 1. The van der Waals surface area contributed by atoms with Crippen molar-refractivity contribution in [2.45, 2.75) is 25.2 Å². The molecular formula is C21H20N2O3. The largest absolute Gasteiger partial charge is 0.481 e. The Morgan fingerprint density at radius 1 is 1.04 bits per heavy atom. The standard InChI is InChI=1S/C21H20N2O3/c1-13-18(22-2)19(26-23-13)16-5-3-14(4-6-16)15-7-9-17(10-8-15)21(11-12-21)20(24)25/h3-10,22H,11-12H2,1-2H3,(H,24,25). The molecule has 1 aliphatic carbocycles. The molecule has 0 atom stereocenters. The van der Waals surface area contributed by atoms with Gasteiger partial charge in [0.2, 0.25) is 0 Å². The Balaban J connectivity index is 1.60. The zero-order valence-corrected chi connectivity index (χ0v) is 14.7. The monoisotopic (exact) mass is 348 g/mol. The Morgan fingerprint density at radius 2 is 1.58 bits per heavy atom. The zero-order chi connectivity index (χ0) is 18.3. The van der Waals surface area contributed by atoms with E-state index in [2.05, 4.69) is 10.5 Å². The average molecular weight is 348 g/mol. The van der Waals surface area contributed by atoms with E-state index in [0.29, 0.717) is 0 Å². The SMILES string of the molecule is CNc1c(C)noc1-c1ccc(-c2ccc(C3(C(=O)O)CC3)cc2)cc1. The number of rotatable bonds is 5. The van der Waals surface area contributed by atoms with Crippen molar-refractivity contribution in [1.29, 1.82) is 0 Å². The lowest BCUT2D eigenvalue weighted by Crippen LogP contribution is -2.19. The van der Waals surface area contributed by atoms with E-state index in [0.717, 1.165) is 52.2 Å². The topological polar surface area (TPSA) is 75.4 Å². The van der Waals surface area contributed by atoms with Crippen molar-refractivity contribution in [3.63, 3.8) is 0 Å². The van der Waals surface area contributed by atoms with Crippen LogP contribution in [0.15, 0.2) is 53.1 Å². The molecule has 5 nitrogen and oxygen atoms in total. The van der Waals surface area contributed by atoms with Gasteiger partial charge in [0.05, 0.1) is 5.41 Å². The van der Waals surface area contributed by atoms with Crippen LogP contribution in [-0.2, 0) is 10.2 Å². The number of carbonyl (C=O) groups is 1. The molecule has 1 aliphatic rings. The van der Waals surface area contributed by atoms with Gasteiger partial charge in [0.1, 0.15) is 11.4 Å². The van der Waals surface area contributed by atoms with Crippen molar-refractivity contribution >= 4 is 11.7 Å². The minimum atomic E-state index is -0.725. The predicted octanol–water partition coefficient (Wildman–Crippen LogP) is 4.47.